The maximum absolute atomic E-state index is 14.5. The van der Waals surface area contributed by atoms with Gasteiger partial charge in [0, 0.05) is 12.1 Å². The van der Waals surface area contributed by atoms with Gasteiger partial charge in [-0.2, -0.15) is 0 Å². The number of rotatable bonds is 8. The van der Waals surface area contributed by atoms with Gasteiger partial charge in [-0.25, -0.2) is 23.5 Å². The molecule has 8 nitrogen and oxygen atoms in total. The van der Waals surface area contributed by atoms with E-state index in [0.29, 0.717) is 23.6 Å². The van der Waals surface area contributed by atoms with Crippen LogP contribution < -0.4 is 20.5 Å². The van der Waals surface area contributed by atoms with Crippen molar-refractivity contribution in [2.24, 2.45) is 11.7 Å². The number of amides is 2. The van der Waals surface area contributed by atoms with Crippen molar-refractivity contribution < 1.29 is 27.5 Å². The summed E-state index contributed by atoms with van der Waals surface area (Å²) in [5.74, 6) is -0.966. The number of nitrogens with zero attached hydrogens (tertiary/aromatic N) is 2. The Bertz CT molecular complexity index is 1080. The van der Waals surface area contributed by atoms with Gasteiger partial charge in [0.1, 0.15) is 17.9 Å². The maximum Gasteiger partial charge on any atom is 0.312 e. The van der Waals surface area contributed by atoms with Gasteiger partial charge in [0.2, 0.25) is 11.8 Å². The summed E-state index contributed by atoms with van der Waals surface area (Å²) in [5.41, 5.74) is 5.58. The first kappa shape index (κ1) is 19.9. The van der Waals surface area contributed by atoms with Gasteiger partial charge in [0.05, 0.1) is 24.4 Å². The summed E-state index contributed by atoms with van der Waals surface area (Å²) in [4.78, 5) is 19.1. The number of halogens is 2. The van der Waals surface area contributed by atoms with E-state index in [2.05, 4.69) is 15.3 Å². The van der Waals surface area contributed by atoms with Crippen molar-refractivity contribution in [1.82, 2.24) is 15.3 Å². The molecule has 1 aromatic carbocycles. The van der Waals surface area contributed by atoms with Gasteiger partial charge in [-0.15, -0.1) is 0 Å². The summed E-state index contributed by atoms with van der Waals surface area (Å²) >= 11 is 0. The largest absolute Gasteiger partial charge is 0.490 e. The zero-order chi connectivity index (χ0) is 21.3. The summed E-state index contributed by atoms with van der Waals surface area (Å²) in [5, 5.41) is 2.47. The first-order chi connectivity index (χ1) is 14.4. The molecular formula is C20H20F2N4O4. The highest BCUT2D eigenvalue weighted by Gasteiger charge is 2.24. The van der Waals surface area contributed by atoms with Crippen molar-refractivity contribution in [3.63, 3.8) is 0 Å². The van der Waals surface area contributed by atoms with Crippen LogP contribution in [-0.2, 0) is 0 Å². The fourth-order valence-electron chi connectivity index (χ4n) is 2.80. The van der Waals surface area contributed by atoms with Crippen molar-refractivity contribution >= 4 is 17.1 Å². The van der Waals surface area contributed by atoms with Gasteiger partial charge in [-0.3, -0.25) is 0 Å². The predicted octanol–water partition coefficient (Wildman–Crippen LogP) is 3.39. The lowest BCUT2D eigenvalue weighted by Gasteiger charge is -2.12. The second-order valence-electron chi connectivity index (χ2n) is 7.25. The van der Waals surface area contributed by atoms with Crippen LogP contribution >= 0.6 is 0 Å². The highest BCUT2D eigenvalue weighted by molar-refractivity contribution is 5.76. The molecule has 0 bridgehead atoms. The van der Waals surface area contributed by atoms with Crippen LogP contribution in [0, 0.1) is 17.6 Å². The van der Waals surface area contributed by atoms with E-state index in [-0.39, 0.29) is 35.7 Å². The van der Waals surface area contributed by atoms with E-state index in [1.807, 2.05) is 0 Å². The van der Waals surface area contributed by atoms with Crippen molar-refractivity contribution in [1.29, 1.82) is 0 Å². The van der Waals surface area contributed by atoms with Crippen molar-refractivity contribution in [2.45, 2.75) is 25.8 Å². The molecule has 2 aromatic heterocycles. The van der Waals surface area contributed by atoms with Gasteiger partial charge in [-0.05, 0) is 31.7 Å². The molecule has 158 valence electrons. The molecule has 1 aliphatic carbocycles. The maximum atomic E-state index is 14.5. The number of pyridine rings is 1. The Balaban J connectivity index is 1.51. The summed E-state index contributed by atoms with van der Waals surface area (Å²) in [6.45, 7) is 2.22. The highest BCUT2D eigenvalue weighted by atomic mass is 19.1. The van der Waals surface area contributed by atoms with Crippen LogP contribution in [0.3, 0.4) is 0 Å². The molecular weight excluding hydrogens is 398 g/mol. The van der Waals surface area contributed by atoms with Gasteiger partial charge in [0.25, 0.3) is 0 Å². The second-order valence-corrected chi connectivity index (χ2v) is 7.25. The van der Waals surface area contributed by atoms with Gasteiger partial charge in [-0.1, -0.05) is 0 Å². The Labute approximate surface area is 170 Å². The number of hydrogen-bond acceptors (Lipinski definition) is 6. The lowest BCUT2D eigenvalue weighted by atomic mass is 10.2. The van der Waals surface area contributed by atoms with Crippen molar-refractivity contribution in [3.05, 3.63) is 36.0 Å². The van der Waals surface area contributed by atoms with E-state index in [1.165, 1.54) is 12.3 Å². The number of oxazole rings is 1. The molecule has 0 saturated heterocycles. The lowest BCUT2D eigenvalue weighted by molar-refractivity contribution is 0.231. The molecule has 4 rings (SSSR count). The van der Waals surface area contributed by atoms with E-state index in [0.717, 1.165) is 25.0 Å². The molecule has 1 aliphatic rings. The molecule has 10 heteroatoms. The first-order valence-corrected chi connectivity index (χ1v) is 9.46. The quantitative estimate of drug-likeness (QED) is 0.580. The Hall–Kier alpha value is -3.43. The number of primary amides is 1. The minimum Gasteiger partial charge on any atom is -0.490 e. The van der Waals surface area contributed by atoms with Crippen LogP contribution in [0.25, 0.3) is 22.6 Å². The summed E-state index contributed by atoms with van der Waals surface area (Å²) < 4.78 is 45.3. The number of nitrogens with two attached hydrogens (primary N) is 1. The molecule has 3 N–H and O–H groups in total. The summed E-state index contributed by atoms with van der Waals surface area (Å²) in [7, 11) is 0. The fraction of sp³-hybridized carbons (Fsp3) is 0.350. The molecule has 1 atom stereocenters. The van der Waals surface area contributed by atoms with Crippen LogP contribution in [0.2, 0.25) is 0 Å². The molecule has 1 fully saturated rings. The average Bonchev–Trinajstić information content (AvgIpc) is 3.43. The average molecular weight is 418 g/mol. The van der Waals surface area contributed by atoms with Crippen LogP contribution in [0.5, 0.6) is 11.6 Å². The summed E-state index contributed by atoms with van der Waals surface area (Å²) in [6, 6.07) is 2.49. The Morgan fingerprint density at radius 2 is 2.10 bits per heavy atom. The number of ether oxygens (including phenoxy) is 2. The number of carbonyl (C=O) groups excluding carboxylic acids is 1. The molecule has 3 aromatic rings. The Morgan fingerprint density at radius 3 is 2.83 bits per heavy atom. The second kappa shape index (κ2) is 8.13. The van der Waals surface area contributed by atoms with Crippen LogP contribution in [0.15, 0.2) is 28.8 Å². The van der Waals surface area contributed by atoms with E-state index in [9.17, 15) is 13.6 Å². The van der Waals surface area contributed by atoms with E-state index < -0.39 is 17.7 Å². The molecule has 0 aliphatic heterocycles. The number of hydrogen-bond donors (Lipinski definition) is 2. The normalized spacial score (nSPS) is 14.5. The summed E-state index contributed by atoms with van der Waals surface area (Å²) in [6.07, 6.45) is 3.49. The fourth-order valence-corrected chi connectivity index (χ4v) is 2.80. The molecule has 0 spiro atoms. The Morgan fingerprint density at radius 1 is 1.30 bits per heavy atom. The van der Waals surface area contributed by atoms with Crippen LogP contribution in [-0.4, -0.2) is 35.3 Å². The zero-order valence-corrected chi connectivity index (χ0v) is 16.2. The number of nitrogens with one attached hydrogen (secondary N) is 1. The number of benzene rings is 1. The molecule has 1 saturated carbocycles. The smallest absolute Gasteiger partial charge is 0.312 e. The topological polar surface area (TPSA) is 112 Å². The van der Waals surface area contributed by atoms with E-state index in [1.54, 1.807) is 6.92 Å². The van der Waals surface area contributed by atoms with Gasteiger partial charge in [0.15, 0.2) is 17.1 Å². The van der Waals surface area contributed by atoms with Crippen LogP contribution in [0.1, 0.15) is 19.8 Å². The molecule has 30 heavy (non-hydrogen) atoms. The first-order valence-electron chi connectivity index (χ1n) is 9.46. The third-order valence-electron chi connectivity index (χ3n) is 4.54. The van der Waals surface area contributed by atoms with Gasteiger partial charge < -0.3 is 24.9 Å². The molecule has 2 amide bonds. The SMILES string of the molecule is C[C@@H](COc1cc2oc(-c3cc(F)c(OCC4CC4)cc3F)nc2cn1)NC(N)=O. The standard InChI is InChI=1S/C20H20F2N4O4/c1-10(25-20(23)27)8-29-18-6-17-15(7-24-18)26-19(30-17)12-4-14(22)16(5-13(12)21)28-9-11-2-3-11/h4-7,10-11H,2-3,8-9H2,1H3,(H3,23,25,27)/t10-/m0/s1. The van der Waals surface area contributed by atoms with Gasteiger partial charge >= 0.3 is 6.03 Å². The number of fused-ring (bicyclic) bond motifs is 1. The minimum absolute atomic E-state index is 0.0853. The predicted molar refractivity (Wildman–Crippen MR) is 103 cm³/mol. The lowest BCUT2D eigenvalue weighted by Crippen LogP contribution is -2.40. The zero-order valence-electron chi connectivity index (χ0n) is 16.2. The van der Waals surface area contributed by atoms with E-state index >= 15 is 0 Å². The monoisotopic (exact) mass is 418 g/mol. The third-order valence-corrected chi connectivity index (χ3v) is 4.54. The molecule has 2 heterocycles. The number of aromatic nitrogens is 2. The van der Waals surface area contributed by atoms with E-state index in [4.69, 9.17) is 19.6 Å². The molecule has 0 unspecified atom stereocenters. The third kappa shape index (κ3) is 4.58. The Kier molecular flexibility index (Phi) is 5.39. The highest BCUT2D eigenvalue weighted by Crippen LogP contribution is 2.33. The molecule has 0 radical (unpaired) electrons. The number of urea groups is 1. The van der Waals surface area contributed by atoms with Crippen LogP contribution in [0.4, 0.5) is 13.6 Å². The number of carbonyl (C=O) groups is 1. The minimum atomic E-state index is -0.704. The van der Waals surface area contributed by atoms with Crippen molar-refractivity contribution in [2.75, 3.05) is 13.2 Å². The van der Waals surface area contributed by atoms with Crippen molar-refractivity contribution in [3.8, 4) is 23.1 Å².